The molecular formula is C20H26O2. The Morgan fingerprint density at radius 2 is 1.59 bits per heavy atom. The van der Waals surface area contributed by atoms with E-state index >= 15 is 0 Å². The summed E-state index contributed by atoms with van der Waals surface area (Å²) in [6.45, 7) is 4.50. The van der Waals surface area contributed by atoms with Gasteiger partial charge in [-0.1, -0.05) is 57.0 Å². The number of aliphatic hydroxyl groups excluding tert-OH is 1. The molecule has 22 heavy (non-hydrogen) atoms. The lowest BCUT2D eigenvalue weighted by Gasteiger charge is -2.16. The maximum atomic E-state index is 9.17. The second-order valence-electron chi connectivity index (χ2n) is 5.67. The van der Waals surface area contributed by atoms with Gasteiger partial charge in [0.05, 0.1) is 13.7 Å². The van der Waals surface area contributed by atoms with Gasteiger partial charge < -0.3 is 9.84 Å². The first kappa shape index (κ1) is 16.6. The Morgan fingerprint density at radius 1 is 0.909 bits per heavy atom. The fourth-order valence-electron chi connectivity index (χ4n) is 2.88. The van der Waals surface area contributed by atoms with Crippen LogP contribution in [0.25, 0.3) is 11.1 Å². The van der Waals surface area contributed by atoms with Gasteiger partial charge in [0.25, 0.3) is 0 Å². The van der Waals surface area contributed by atoms with Crippen LogP contribution in [0.15, 0.2) is 36.4 Å². The van der Waals surface area contributed by atoms with Crippen LogP contribution in [0, 0.1) is 0 Å². The molecule has 0 aliphatic carbocycles. The summed E-state index contributed by atoms with van der Waals surface area (Å²) in [6.07, 6.45) is 4.39. The predicted octanol–water partition coefficient (Wildman–Crippen LogP) is 4.76. The van der Waals surface area contributed by atoms with Crippen LogP contribution in [-0.2, 0) is 19.4 Å². The van der Waals surface area contributed by atoms with Crippen molar-refractivity contribution in [3.05, 3.63) is 53.1 Å². The zero-order valence-corrected chi connectivity index (χ0v) is 13.9. The first-order chi connectivity index (χ1) is 10.7. The van der Waals surface area contributed by atoms with E-state index in [4.69, 9.17) is 4.74 Å². The highest BCUT2D eigenvalue weighted by atomic mass is 16.5. The van der Waals surface area contributed by atoms with Crippen LogP contribution >= 0.6 is 0 Å². The molecule has 0 heterocycles. The second kappa shape index (κ2) is 8.00. The maximum Gasteiger partial charge on any atom is 0.122 e. The monoisotopic (exact) mass is 298 g/mol. The SMILES string of the molecule is CCCc1cc(-c2ccc(CO)cc2)cc(OC)c1CCC. The number of rotatable bonds is 7. The molecule has 2 heteroatoms. The Morgan fingerprint density at radius 3 is 2.14 bits per heavy atom. The molecule has 2 aromatic rings. The number of hydrogen-bond acceptors (Lipinski definition) is 2. The van der Waals surface area contributed by atoms with Gasteiger partial charge in [-0.25, -0.2) is 0 Å². The van der Waals surface area contributed by atoms with Crippen molar-refractivity contribution >= 4 is 0 Å². The van der Waals surface area contributed by atoms with E-state index in [-0.39, 0.29) is 6.61 Å². The molecule has 0 fully saturated rings. The van der Waals surface area contributed by atoms with Crippen molar-refractivity contribution in [3.63, 3.8) is 0 Å². The summed E-state index contributed by atoms with van der Waals surface area (Å²) in [5.41, 5.74) is 6.03. The quantitative estimate of drug-likeness (QED) is 0.798. The van der Waals surface area contributed by atoms with E-state index in [1.54, 1.807) is 7.11 Å². The van der Waals surface area contributed by atoms with Crippen LogP contribution in [-0.4, -0.2) is 12.2 Å². The lowest BCUT2D eigenvalue weighted by Crippen LogP contribution is -2.00. The number of aryl methyl sites for hydroxylation is 1. The molecule has 0 bridgehead atoms. The van der Waals surface area contributed by atoms with Crippen LogP contribution in [0.3, 0.4) is 0 Å². The van der Waals surface area contributed by atoms with Crippen molar-refractivity contribution in [1.82, 2.24) is 0 Å². The van der Waals surface area contributed by atoms with Crippen molar-refractivity contribution in [1.29, 1.82) is 0 Å². The highest BCUT2D eigenvalue weighted by Gasteiger charge is 2.11. The summed E-state index contributed by atoms with van der Waals surface area (Å²) in [4.78, 5) is 0. The summed E-state index contributed by atoms with van der Waals surface area (Å²) in [6, 6.07) is 12.5. The van der Waals surface area contributed by atoms with Crippen molar-refractivity contribution in [2.24, 2.45) is 0 Å². The van der Waals surface area contributed by atoms with Gasteiger partial charge in [0.2, 0.25) is 0 Å². The molecule has 0 spiro atoms. The third-order valence-electron chi connectivity index (χ3n) is 4.01. The van der Waals surface area contributed by atoms with E-state index in [2.05, 4.69) is 38.1 Å². The van der Waals surface area contributed by atoms with Crippen LogP contribution in [0.1, 0.15) is 43.4 Å². The number of methoxy groups -OCH3 is 1. The van der Waals surface area contributed by atoms with Crippen LogP contribution < -0.4 is 4.74 Å². The molecule has 0 amide bonds. The normalized spacial score (nSPS) is 10.7. The summed E-state index contributed by atoms with van der Waals surface area (Å²) < 4.78 is 5.65. The van der Waals surface area contributed by atoms with Crippen LogP contribution in [0.5, 0.6) is 5.75 Å². The summed E-state index contributed by atoms with van der Waals surface area (Å²) in [5, 5.41) is 9.17. The molecule has 0 saturated carbocycles. The van der Waals surface area contributed by atoms with Gasteiger partial charge in [-0.05, 0) is 46.7 Å². The molecule has 0 aliphatic rings. The molecule has 2 rings (SSSR count). The van der Waals surface area contributed by atoms with Crippen molar-refractivity contribution in [3.8, 4) is 16.9 Å². The van der Waals surface area contributed by atoms with E-state index in [0.29, 0.717) is 0 Å². The summed E-state index contributed by atoms with van der Waals surface area (Å²) in [5.74, 6) is 0.994. The fraction of sp³-hybridized carbons (Fsp3) is 0.400. The molecule has 1 N–H and O–H groups in total. The maximum absolute atomic E-state index is 9.17. The van der Waals surface area contributed by atoms with E-state index in [0.717, 1.165) is 42.6 Å². The number of aliphatic hydroxyl groups is 1. The minimum atomic E-state index is 0.0835. The Bertz CT molecular complexity index is 600. The van der Waals surface area contributed by atoms with Gasteiger partial charge in [-0.3, -0.25) is 0 Å². The molecule has 0 saturated heterocycles. The number of ether oxygens (including phenoxy) is 1. The first-order valence-electron chi connectivity index (χ1n) is 8.13. The Hall–Kier alpha value is -1.80. The second-order valence-corrected chi connectivity index (χ2v) is 5.67. The third kappa shape index (κ3) is 3.69. The standard InChI is InChI=1S/C20H26O2/c1-4-6-17-12-18(13-20(22-3)19(17)7-5-2)16-10-8-15(14-21)9-11-16/h8-13,21H,4-7,14H2,1-3H3. The molecule has 2 aromatic carbocycles. The van der Waals surface area contributed by atoms with Gasteiger partial charge in [0, 0.05) is 0 Å². The molecular weight excluding hydrogens is 272 g/mol. The molecule has 2 nitrogen and oxygen atoms in total. The largest absolute Gasteiger partial charge is 0.496 e. The average Bonchev–Trinajstić information content (AvgIpc) is 2.56. The zero-order chi connectivity index (χ0) is 15.9. The van der Waals surface area contributed by atoms with Gasteiger partial charge in [0.1, 0.15) is 5.75 Å². The lowest BCUT2D eigenvalue weighted by atomic mass is 9.93. The Balaban J connectivity index is 2.48. The fourth-order valence-corrected chi connectivity index (χ4v) is 2.88. The zero-order valence-electron chi connectivity index (χ0n) is 13.9. The van der Waals surface area contributed by atoms with Crippen LogP contribution in [0.4, 0.5) is 0 Å². The Labute approximate surface area is 133 Å². The van der Waals surface area contributed by atoms with Gasteiger partial charge in [-0.15, -0.1) is 0 Å². The van der Waals surface area contributed by atoms with Crippen molar-refractivity contribution < 1.29 is 9.84 Å². The molecule has 0 aromatic heterocycles. The van der Waals surface area contributed by atoms with Crippen molar-refractivity contribution in [2.45, 2.75) is 46.1 Å². The van der Waals surface area contributed by atoms with E-state index in [9.17, 15) is 5.11 Å². The summed E-state index contributed by atoms with van der Waals surface area (Å²) in [7, 11) is 1.75. The van der Waals surface area contributed by atoms with E-state index in [1.165, 1.54) is 16.7 Å². The highest BCUT2D eigenvalue weighted by molar-refractivity contribution is 5.68. The minimum absolute atomic E-state index is 0.0835. The third-order valence-corrected chi connectivity index (χ3v) is 4.01. The smallest absolute Gasteiger partial charge is 0.122 e. The van der Waals surface area contributed by atoms with Crippen molar-refractivity contribution in [2.75, 3.05) is 7.11 Å². The molecule has 118 valence electrons. The average molecular weight is 298 g/mol. The first-order valence-corrected chi connectivity index (χ1v) is 8.13. The molecule has 0 atom stereocenters. The molecule has 0 aliphatic heterocycles. The van der Waals surface area contributed by atoms with E-state index < -0.39 is 0 Å². The number of hydrogen-bond donors (Lipinski definition) is 1. The number of benzene rings is 2. The molecule has 0 radical (unpaired) electrons. The van der Waals surface area contributed by atoms with Gasteiger partial charge >= 0.3 is 0 Å². The topological polar surface area (TPSA) is 29.5 Å². The minimum Gasteiger partial charge on any atom is -0.496 e. The Kier molecular flexibility index (Phi) is 6.02. The van der Waals surface area contributed by atoms with Crippen LogP contribution in [0.2, 0.25) is 0 Å². The van der Waals surface area contributed by atoms with Gasteiger partial charge in [-0.2, -0.15) is 0 Å². The predicted molar refractivity (Wildman–Crippen MR) is 92.3 cm³/mol. The lowest BCUT2D eigenvalue weighted by molar-refractivity contribution is 0.282. The highest BCUT2D eigenvalue weighted by Crippen LogP contribution is 2.32. The molecule has 0 unspecified atom stereocenters. The van der Waals surface area contributed by atoms with Gasteiger partial charge in [0.15, 0.2) is 0 Å². The van der Waals surface area contributed by atoms with E-state index in [1.807, 2.05) is 12.1 Å². The summed E-state index contributed by atoms with van der Waals surface area (Å²) >= 11 is 0.